The summed E-state index contributed by atoms with van der Waals surface area (Å²) in [6.45, 7) is 13.5. The SMILES string of the molecule is COc1ccc(-c2ccc(-c3ccc(-c4ccc(OC)cc4)cc3B(c3c(C)cc(C)cc3C)c3c(C)cc(C)cc3C)cc2)cc1. The number of hydrogen-bond donors (Lipinski definition) is 0. The van der Waals surface area contributed by atoms with Gasteiger partial charge in [0.25, 0.3) is 0 Å². The fraction of sp³-hybridized carbons (Fsp3) is 0.182. The summed E-state index contributed by atoms with van der Waals surface area (Å²) in [4.78, 5) is 0. The molecule has 0 radical (unpaired) electrons. The fourth-order valence-corrected chi connectivity index (χ4v) is 7.40. The molecule has 6 aromatic rings. The van der Waals surface area contributed by atoms with Gasteiger partial charge in [-0.1, -0.05) is 141 Å². The van der Waals surface area contributed by atoms with Gasteiger partial charge in [-0.3, -0.25) is 0 Å². The second-order valence-electron chi connectivity index (χ2n) is 12.9. The third kappa shape index (κ3) is 6.49. The molecule has 0 aliphatic heterocycles. The lowest BCUT2D eigenvalue weighted by Crippen LogP contribution is -2.56. The van der Waals surface area contributed by atoms with Gasteiger partial charge >= 0.3 is 0 Å². The maximum Gasteiger partial charge on any atom is 0.243 e. The average molecular weight is 615 g/mol. The third-order valence-electron chi connectivity index (χ3n) is 9.46. The minimum atomic E-state index is 0.0469. The third-order valence-corrected chi connectivity index (χ3v) is 9.46. The highest BCUT2D eigenvalue weighted by Crippen LogP contribution is 2.29. The van der Waals surface area contributed by atoms with Crippen molar-refractivity contribution in [1.29, 1.82) is 0 Å². The molecule has 0 aliphatic carbocycles. The Morgan fingerprint density at radius 3 is 1.13 bits per heavy atom. The number of rotatable bonds is 8. The molecule has 0 saturated heterocycles. The summed E-state index contributed by atoms with van der Waals surface area (Å²) in [6.07, 6.45) is 0. The van der Waals surface area contributed by atoms with Crippen molar-refractivity contribution in [2.45, 2.75) is 41.5 Å². The minimum Gasteiger partial charge on any atom is -0.497 e. The second kappa shape index (κ2) is 13.4. The summed E-state index contributed by atoms with van der Waals surface area (Å²) in [5.74, 6) is 1.72. The number of aryl methyl sites for hydroxylation is 6. The predicted octanol–water partition coefficient (Wildman–Crippen LogP) is 9.07. The highest BCUT2D eigenvalue weighted by Gasteiger charge is 2.31. The van der Waals surface area contributed by atoms with Crippen LogP contribution in [0.25, 0.3) is 33.4 Å². The van der Waals surface area contributed by atoms with Crippen LogP contribution in [0.4, 0.5) is 0 Å². The first-order valence-electron chi connectivity index (χ1n) is 16.4. The molecule has 47 heavy (non-hydrogen) atoms. The zero-order chi connectivity index (χ0) is 33.2. The Morgan fingerprint density at radius 2 is 0.723 bits per heavy atom. The Hall–Kier alpha value is -5.02. The summed E-state index contributed by atoms with van der Waals surface area (Å²) < 4.78 is 10.9. The Balaban J connectivity index is 1.61. The molecule has 6 aromatic carbocycles. The maximum atomic E-state index is 5.48. The van der Waals surface area contributed by atoms with Crippen LogP contribution in [0.15, 0.2) is 115 Å². The van der Waals surface area contributed by atoms with E-state index in [0.29, 0.717) is 0 Å². The Labute approximate surface area is 281 Å². The quantitative estimate of drug-likeness (QED) is 0.159. The van der Waals surface area contributed by atoms with Crippen molar-refractivity contribution in [1.82, 2.24) is 0 Å². The lowest BCUT2D eigenvalue weighted by molar-refractivity contribution is 0.415. The van der Waals surface area contributed by atoms with Crippen LogP contribution in [0, 0.1) is 41.5 Å². The minimum absolute atomic E-state index is 0.0469. The monoisotopic (exact) mass is 614 g/mol. The largest absolute Gasteiger partial charge is 0.497 e. The summed E-state index contributed by atoms with van der Waals surface area (Å²) >= 11 is 0. The van der Waals surface area contributed by atoms with Gasteiger partial charge in [0.2, 0.25) is 6.71 Å². The van der Waals surface area contributed by atoms with Gasteiger partial charge in [0, 0.05) is 0 Å². The van der Waals surface area contributed by atoms with Crippen LogP contribution in [-0.2, 0) is 0 Å². The van der Waals surface area contributed by atoms with Gasteiger partial charge in [0.1, 0.15) is 11.5 Å². The Kier molecular flexibility index (Phi) is 9.09. The summed E-state index contributed by atoms with van der Waals surface area (Å²) in [6, 6.07) is 42.0. The molecule has 6 rings (SSSR count). The van der Waals surface area contributed by atoms with Crippen molar-refractivity contribution >= 4 is 23.1 Å². The van der Waals surface area contributed by atoms with E-state index in [0.717, 1.165) is 11.5 Å². The highest BCUT2D eigenvalue weighted by atomic mass is 16.5. The molecule has 0 unspecified atom stereocenters. The van der Waals surface area contributed by atoms with Crippen molar-refractivity contribution in [3.05, 3.63) is 149 Å². The van der Waals surface area contributed by atoms with E-state index in [4.69, 9.17) is 9.47 Å². The molecule has 0 heterocycles. The summed E-state index contributed by atoms with van der Waals surface area (Å²) in [5, 5.41) is 0. The molecule has 2 nitrogen and oxygen atoms in total. The first-order chi connectivity index (χ1) is 22.7. The smallest absolute Gasteiger partial charge is 0.243 e. The standard InChI is InChI=1S/C44H43BO2/c1-28-23-30(3)43(31(4)24-28)45(44-32(5)25-29(2)26-33(44)6)42-27-38(36-15-20-40(47-8)21-16-36)17-22-41(42)37-11-9-34(10-12-37)35-13-18-39(46-7)19-14-35/h9-27H,1-8H3. The number of ether oxygens (including phenoxy) is 2. The van der Waals surface area contributed by atoms with E-state index in [1.807, 2.05) is 24.3 Å². The average Bonchev–Trinajstić information content (AvgIpc) is 3.06. The van der Waals surface area contributed by atoms with E-state index < -0.39 is 0 Å². The Bertz CT molecular complexity index is 1930. The van der Waals surface area contributed by atoms with E-state index in [1.54, 1.807) is 14.2 Å². The summed E-state index contributed by atoms with van der Waals surface area (Å²) in [7, 11) is 3.42. The van der Waals surface area contributed by atoms with Crippen LogP contribution >= 0.6 is 0 Å². The Morgan fingerprint density at radius 1 is 0.383 bits per heavy atom. The van der Waals surface area contributed by atoms with Crippen molar-refractivity contribution in [2.75, 3.05) is 14.2 Å². The van der Waals surface area contributed by atoms with Crippen LogP contribution in [0.1, 0.15) is 33.4 Å². The zero-order valence-electron chi connectivity index (χ0n) is 28.9. The van der Waals surface area contributed by atoms with Gasteiger partial charge in [-0.05, 0) is 99.2 Å². The molecule has 0 bridgehead atoms. The van der Waals surface area contributed by atoms with Gasteiger partial charge in [-0.2, -0.15) is 0 Å². The van der Waals surface area contributed by atoms with Gasteiger partial charge in [-0.25, -0.2) is 0 Å². The van der Waals surface area contributed by atoms with Crippen molar-refractivity contribution in [3.63, 3.8) is 0 Å². The summed E-state index contributed by atoms with van der Waals surface area (Å²) in [5.41, 5.74) is 19.1. The van der Waals surface area contributed by atoms with Crippen LogP contribution in [0.2, 0.25) is 0 Å². The molecular formula is C44H43BO2. The first kappa shape index (κ1) is 31.9. The lowest BCUT2D eigenvalue weighted by Gasteiger charge is -2.27. The van der Waals surface area contributed by atoms with Gasteiger partial charge in [0.05, 0.1) is 14.2 Å². The predicted molar refractivity (Wildman–Crippen MR) is 202 cm³/mol. The lowest BCUT2D eigenvalue weighted by atomic mass is 9.33. The number of hydrogen-bond acceptors (Lipinski definition) is 2. The first-order valence-corrected chi connectivity index (χ1v) is 16.4. The van der Waals surface area contributed by atoms with Gasteiger partial charge in [0.15, 0.2) is 0 Å². The molecule has 0 saturated carbocycles. The maximum absolute atomic E-state index is 5.48. The molecule has 0 amide bonds. The van der Waals surface area contributed by atoms with E-state index >= 15 is 0 Å². The van der Waals surface area contributed by atoms with Crippen LogP contribution in [0.5, 0.6) is 11.5 Å². The number of benzene rings is 6. The fourth-order valence-electron chi connectivity index (χ4n) is 7.40. The molecule has 0 aliphatic rings. The van der Waals surface area contributed by atoms with Crippen LogP contribution < -0.4 is 25.9 Å². The molecule has 0 aromatic heterocycles. The second-order valence-corrected chi connectivity index (χ2v) is 12.9. The highest BCUT2D eigenvalue weighted by molar-refractivity contribution is 6.97. The van der Waals surface area contributed by atoms with Gasteiger partial charge in [-0.15, -0.1) is 0 Å². The zero-order valence-corrected chi connectivity index (χ0v) is 28.9. The van der Waals surface area contributed by atoms with E-state index in [9.17, 15) is 0 Å². The molecule has 0 N–H and O–H groups in total. The van der Waals surface area contributed by atoms with Crippen LogP contribution in [0.3, 0.4) is 0 Å². The van der Waals surface area contributed by atoms with Crippen LogP contribution in [-0.4, -0.2) is 20.9 Å². The number of methoxy groups -OCH3 is 2. The van der Waals surface area contributed by atoms with Crippen molar-refractivity contribution in [2.24, 2.45) is 0 Å². The normalized spacial score (nSPS) is 11.0. The van der Waals surface area contributed by atoms with Gasteiger partial charge < -0.3 is 9.47 Å². The molecule has 0 spiro atoms. The van der Waals surface area contributed by atoms with E-state index in [1.165, 1.54) is 83.1 Å². The molecule has 0 atom stereocenters. The molecular weight excluding hydrogens is 571 g/mol. The molecule has 0 fully saturated rings. The van der Waals surface area contributed by atoms with E-state index in [2.05, 4.69) is 133 Å². The molecule has 3 heteroatoms. The van der Waals surface area contributed by atoms with Crippen molar-refractivity contribution < 1.29 is 9.47 Å². The molecule has 234 valence electrons. The van der Waals surface area contributed by atoms with E-state index in [-0.39, 0.29) is 6.71 Å². The topological polar surface area (TPSA) is 18.5 Å². The van der Waals surface area contributed by atoms with Crippen molar-refractivity contribution in [3.8, 4) is 44.9 Å².